The summed E-state index contributed by atoms with van der Waals surface area (Å²) in [4.78, 5) is 0. The van der Waals surface area contributed by atoms with Crippen molar-refractivity contribution in [1.82, 2.24) is 0 Å². The molecule has 0 fully saturated rings. The fraction of sp³-hybridized carbons (Fsp3) is 0. The van der Waals surface area contributed by atoms with E-state index in [9.17, 15) is 0 Å². The van der Waals surface area contributed by atoms with E-state index in [1.54, 1.807) is 0 Å². The fourth-order valence-corrected chi connectivity index (χ4v) is 0. The van der Waals surface area contributed by atoms with Crippen molar-refractivity contribution in [3.8, 4) is 0 Å². The third kappa shape index (κ3) is 399. The molecule has 0 rings (SSSR count). The van der Waals surface area contributed by atoms with E-state index in [0.29, 0.717) is 0 Å². The average Bonchev–Trinajstić information content (AvgIpc) is 0. The second-order valence-electron chi connectivity index (χ2n) is 0. The maximum atomic E-state index is 0. The Morgan fingerprint density at radius 2 is 0.231 bits per heavy atom. The van der Waals surface area contributed by atoms with E-state index in [2.05, 4.69) is 0 Å². The first-order chi connectivity index (χ1) is 0. The molecule has 0 aliphatic rings. The van der Waals surface area contributed by atoms with Gasteiger partial charge in [0.2, 0.25) is 0 Å². The van der Waals surface area contributed by atoms with Crippen molar-refractivity contribution in [2.45, 2.75) is 0 Å². The van der Waals surface area contributed by atoms with Crippen LogP contribution >= 0.6 is 27.0 Å². The van der Waals surface area contributed by atoms with Gasteiger partial charge in [0.25, 0.3) is 0 Å². The molecule has 13 heteroatoms. The zero-order valence-corrected chi connectivity index (χ0v) is 7.50. The minimum atomic E-state index is 0. The Labute approximate surface area is 134 Å². The van der Waals surface area contributed by atoms with Gasteiger partial charge in [-0.1, -0.05) is 0 Å². The summed E-state index contributed by atoms with van der Waals surface area (Å²) in [6.45, 7) is 0. The van der Waals surface area contributed by atoms with Gasteiger partial charge in [-0.3, -0.25) is 0 Å². The Hall–Kier alpha value is 2.34. The summed E-state index contributed by atoms with van der Waals surface area (Å²) in [6.07, 6.45) is 0. The summed E-state index contributed by atoms with van der Waals surface area (Å²) in [6, 6.07) is 0. The maximum absolute atomic E-state index is 0. The Morgan fingerprint density at radius 1 is 0.231 bits per heavy atom. The molecule has 0 spiro atoms. The van der Waals surface area contributed by atoms with E-state index in [1.165, 1.54) is 0 Å². The Bertz CT molecular complexity index is 15.6. The van der Waals surface area contributed by atoms with Crippen LogP contribution in [0.25, 0.3) is 0 Å². The molecule has 0 aromatic heterocycles. The van der Waals surface area contributed by atoms with Gasteiger partial charge in [-0.25, -0.2) is 0 Å². The molecule has 0 aliphatic carbocycles. The summed E-state index contributed by atoms with van der Waals surface area (Å²) in [5.74, 6) is 0. The molecular weight excluding hydrogens is 254 g/mol. The Balaban J connectivity index is 0. The summed E-state index contributed by atoms with van der Waals surface area (Å²) in [7, 11) is 0. The van der Waals surface area contributed by atoms with Gasteiger partial charge in [-0.05, 0) is 0 Å². The molecule has 0 atom stereocenters. The van der Waals surface area contributed by atoms with Crippen molar-refractivity contribution >= 4 is 86.1 Å². The molecule has 0 aromatic carbocycles. The molecule has 92 valence electrons. The molecule has 0 unspecified atom stereocenters. The second kappa shape index (κ2) is 466. The first kappa shape index (κ1) is 576. The first-order valence-corrected chi connectivity index (χ1v) is 0. The number of rotatable bonds is 0. The summed E-state index contributed by atoms with van der Waals surface area (Å²) < 4.78 is 0. The monoisotopic (exact) mass is 278 g/mol. The van der Waals surface area contributed by atoms with Crippen LogP contribution in [0.4, 0.5) is 0 Å². The van der Waals surface area contributed by atoms with E-state index in [-0.39, 0.29) is 135 Å². The van der Waals surface area contributed by atoms with Gasteiger partial charge in [-0.15, -0.1) is 0 Å². The molecule has 18 N–H and O–H groups in total. The number of hydrogen-bond acceptors (Lipinski definition) is 0. The van der Waals surface area contributed by atoms with Crippen molar-refractivity contribution in [3.63, 3.8) is 0 Å². The molecule has 0 saturated carbocycles. The summed E-state index contributed by atoms with van der Waals surface area (Å²) in [5, 5.41) is 0. The summed E-state index contributed by atoms with van der Waals surface area (Å²) >= 11 is 0. The van der Waals surface area contributed by atoms with Crippen molar-refractivity contribution in [2.75, 3.05) is 0 Å². The van der Waals surface area contributed by atoms with Crippen LogP contribution < -0.4 is 0 Å². The SMILES string of the molecule is O.O.O.O.O.O.O.O.O.S.S.[NaH].[NaH]. The van der Waals surface area contributed by atoms with E-state index in [0.717, 1.165) is 0 Å². The van der Waals surface area contributed by atoms with E-state index >= 15 is 0 Å². The normalized spacial score (nSPS) is 0. The average molecular weight is 278 g/mol. The zero-order valence-electron chi connectivity index (χ0n) is 5.50. The molecule has 0 amide bonds. The van der Waals surface area contributed by atoms with Crippen molar-refractivity contribution in [1.29, 1.82) is 0 Å². The third-order valence-electron chi connectivity index (χ3n) is 0. The predicted molar refractivity (Wildman–Crippen MR) is 67.6 cm³/mol. The second-order valence-corrected chi connectivity index (χ2v) is 0. The van der Waals surface area contributed by atoms with Crippen LogP contribution in [0, 0.1) is 0 Å². The van der Waals surface area contributed by atoms with Crippen LogP contribution in [-0.4, -0.2) is 108 Å². The van der Waals surface area contributed by atoms with Crippen LogP contribution in [0.1, 0.15) is 0 Å². The quantitative estimate of drug-likeness (QED) is 0.372. The van der Waals surface area contributed by atoms with Crippen molar-refractivity contribution < 1.29 is 49.3 Å². The topological polar surface area (TPSA) is 284 Å². The Kier molecular flexibility index (Phi) is 20700. The summed E-state index contributed by atoms with van der Waals surface area (Å²) in [5.41, 5.74) is 0. The Morgan fingerprint density at radius 3 is 0.231 bits per heavy atom. The van der Waals surface area contributed by atoms with E-state index in [4.69, 9.17) is 0 Å². The van der Waals surface area contributed by atoms with Crippen LogP contribution in [0.15, 0.2) is 0 Å². The minimum absolute atomic E-state index is 0. The van der Waals surface area contributed by atoms with Gasteiger partial charge in [0.1, 0.15) is 0 Å². The van der Waals surface area contributed by atoms with Crippen LogP contribution in [0.3, 0.4) is 0 Å². The molecule has 0 heterocycles. The van der Waals surface area contributed by atoms with Crippen LogP contribution in [0.2, 0.25) is 0 Å². The van der Waals surface area contributed by atoms with Gasteiger partial charge in [0.05, 0.1) is 0 Å². The van der Waals surface area contributed by atoms with E-state index < -0.39 is 0 Å². The predicted octanol–water partition coefficient (Wildman–Crippen LogP) is -8.49. The van der Waals surface area contributed by atoms with E-state index in [1.807, 2.05) is 0 Å². The van der Waals surface area contributed by atoms with Gasteiger partial charge in [0.15, 0.2) is 0 Å². The van der Waals surface area contributed by atoms with Gasteiger partial charge >= 0.3 is 59.1 Å². The molecular formula is H24Na2O9S2. The van der Waals surface area contributed by atoms with Gasteiger partial charge in [-0.2, -0.15) is 27.0 Å². The molecule has 0 saturated heterocycles. The van der Waals surface area contributed by atoms with Gasteiger partial charge in [0, 0.05) is 0 Å². The fourth-order valence-electron chi connectivity index (χ4n) is 0. The zero-order chi connectivity index (χ0) is 0. The molecule has 13 heavy (non-hydrogen) atoms. The third-order valence-corrected chi connectivity index (χ3v) is 0. The molecule has 0 radical (unpaired) electrons. The first-order valence-electron chi connectivity index (χ1n) is 0. The standard InChI is InChI=1S/2Na.9H2O.2H2S.2H/h;;11*1H2;;. The number of hydrogen-bond donors (Lipinski definition) is 0. The molecule has 0 bridgehead atoms. The molecule has 0 aliphatic heterocycles. The van der Waals surface area contributed by atoms with Crippen LogP contribution in [0.5, 0.6) is 0 Å². The van der Waals surface area contributed by atoms with Crippen molar-refractivity contribution in [2.24, 2.45) is 0 Å². The molecule has 9 nitrogen and oxygen atoms in total. The van der Waals surface area contributed by atoms with Gasteiger partial charge < -0.3 is 49.3 Å². The van der Waals surface area contributed by atoms with Crippen LogP contribution in [-0.2, 0) is 0 Å². The molecule has 0 aromatic rings. The van der Waals surface area contributed by atoms with Crippen molar-refractivity contribution in [3.05, 3.63) is 0 Å².